The molecule has 0 radical (unpaired) electrons. The summed E-state index contributed by atoms with van der Waals surface area (Å²) < 4.78 is 31.1. The van der Waals surface area contributed by atoms with E-state index >= 15 is 0 Å². The second-order valence-corrected chi connectivity index (χ2v) is 4.43. The number of anilines is 2. The Hall–Kier alpha value is -2.63. The van der Waals surface area contributed by atoms with Crippen molar-refractivity contribution in [1.82, 2.24) is 0 Å². The highest BCUT2D eigenvalue weighted by Gasteiger charge is 2.10. The van der Waals surface area contributed by atoms with Crippen LogP contribution < -0.4 is 15.8 Å². The SMILES string of the molecule is Cc1c(N)cccc1NC(=O)COc1ccc(F)cc1F. The molecule has 110 valence electrons. The van der Waals surface area contributed by atoms with Crippen LogP contribution in [0.3, 0.4) is 0 Å². The number of carbonyl (C=O) groups excluding carboxylic acids is 1. The van der Waals surface area contributed by atoms with E-state index in [1.807, 2.05) is 0 Å². The molecule has 0 aliphatic carbocycles. The van der Waals surface area contributed by atoms with Crippen molar-refractivity contribution in [2.24, 2.45) is 0 Å². The quantitative estimate of drug-likeness (QED) is 0.852. The molecule has 0 bridgehead atoms. The zero-order chi connectivity index (χ0) is 15.4. The lowest BCUT2D eigenvalue weighted by atomic mass is 10.1. The van der Waals surface area contributed by atoms with Crippen molar-refractivity contribution in [3.63, 3.8) is 0 Å². The van der Waals surface area contributed by atoms with Gasteiger partial charge in [-0.15, -0.1) is 0 Å². The molecule has 0 aliphatic rings. The van der Waals surface area contributed by atoms with Gasteiger partial charge in [-0.1, -0.05) is 6.07 Å². The third kappa shape index (κ3) is 3.68. The van der Waals surface area contributed by atoms with Gasteiger partial charge in [-0.25, -0.2) is 8.78 Å². The summed E-state index contributed by atoms with van der Waals surface area (Å²) in [5.41, 5.74) is 7.58. The number of nitrogen functional groups attached to an aromatic ring is 1. The number of hydrogen-bond donors (Lipinski definition) is 2. The van der Waals surface area contributed by atoms with E-state index in [4.69, 9.17) is 10.5 Å². The van der Waals surface area contributed by atoms with Crippen LogP contribution in [0.1, 0.15) is 5.56 Å². The van der Waals surface area contributed by atoms with Crippen LogP contribution in [0.15, 0.2) is 36.4 Å². The van der Waals surface area contributed by atoms with E-state index in [0.717, 1.165) is 17.7 Å². The van der Waals surface area contributed by atoms with E-state index in [1.165, 1.54) is 0 Å². The summed E-state index contributed by atoms with van der Waals surface area (Å²) in [6.07, 6.45) is 0. The van der Waals surface area contributed by atoms with E-state index < -0.39 is 24.1 Å². The van der Waals surface area contributed by atoms with Gasteiger partial charge in [0.05, 0.1) is 0 Å². The molecule has 2 aromatic rings. The third-order valence-corrected chi connectivity index (χ3v) is 2.90. The zero-order valence-corrected chi connectivity index (χ0v) is 11.3. The second kappa shape index (κ2) is 6.21. The maximum absolute atomic E-state index is 13.3. The smallest absolute Gasteiger partial charge is 0.262 e. The molecule has 1 amide bonds. The van der Waals surface area contributed by atoms with Gasteiger partial charge in [-0.2, -0.15) is 0 Å². The Bertz CT molecular complexity index is 675. The Labute approximate surface area is 120 Å². The van der Waals surface area contributed by atoms with Crippen molar-refractivity contribution >= 4 is 17.3 Å². The maximum Gasteiger partial charge on any atom is 0.262 e. The van der Waals surface area contributed by atoms with Gasteiger partial charge in [0.1, 0.15) is 5.82 Å². The van der Waals surface area contributed by atoms with Gasteiger partial charge in [0.2, 0.25) is 0 Å². The Kier molecular flexibility index (Phi) is 4.37. The van der Waals surface area contributed by atoms with Crippen molar-refractivity contribution in [1.29, 1.82) is 0 Å². The first-order valence-corrected chi connectivity index (χ1v) is 6.20. The molecule has 6 heteroatoms. The molecule has 0 unspecified atom stereocenters. The molecule has 0 saturated heterocycles. The minimum Gasteiger partial charge on any atom is -0.481 e. The Morgan fingerprint density at radius 2 is 2.05 bits per heavy atom. The van der Waals surface area contributed by atoms with E-state index in [0.29, 0.717) is 17.4 Å². The number of amides is 1. The fourth-order valence-corrected chi connectivity index (χ4v) is 1.71. The van der Waals surface area contributed by atoms with E-state index in [2.05, 4.69) is 5.32 Å². The molecule has 0 saturated carbocycles. The van der Waals surface area contributed by atoms with E-state index in [-0.39, 0.29) is 5.75 Å². The second-order valence-electron chi connectivity index (χ2n) is 4.43. The third-order valence-electron chi connectivity index (χ3n) is 2.90. The fraction of sp³-hybridized carbons (Fsp3) is 0.133. The summed E-state index contributed by atoms with van der Waals surface area (Å²) >= 11 is 0. The minimum absolute atomic E-state index is 0.184. The topological polar surface area (TPSA) is 64.3 Å². The molecular weight excluding hydrogens is 278 g/mol. The monoisotopic (exact) mass is 292 g/mol. The van der Waals surface area contributed by atoms with Gasteiger partial charge in [-0.05, 0) is 36.8 Å². The Balaban J connectivity index is 1.97. The molecule has 3 N–H and O–H groups in total. The highest BCUT2D eigenvalue weighted by Crippen LogP contribution is 2.21. The van der Waals surface area contributed by atoms with Crippen LogP contribution in [0.4, 0.5) is 20.2 Å². The number of carbonyl (C=O) groups is 1. The molecule has 0 fully saturated rings. The van der Waals surface area contributed by atoms with Gasteiger partial charge >= 0.3 is 0 Å². The predicted molar refractivity (Wildman–Crippen MR) is 76.1 cm³/mol. The average Bonchev–Trinajstić information content (AvgIpc) is 2.43. The first-order chi connectivity index (χ1) is 9.97. The summed E-state index contributed by atoms with van der Waals surface area (Å²) in [4.78, 5) is 11.8. The highest BCUT2D eigenvalue weighted by atomic mass is 19.1. The van der Waals surface area contributed by atoms with Crippen molar-refractivity contribution in [3.8, 4) is 5.75 Å². The predicted octanol–water partition coefficient (Wildman–Crippen LogP) is 2.87. The van der Waals surface area contributed by atoms with E-state index in [1.54, 1.807) is 25.1 Å². The van der Waals surface area contributed by atoms with Crippen molar-refractivity contribution < 1.29 is 18.3 Å². The van der Waals surface area contributed by atoms with Crippen LogP contribution in [0, 0.1) is 18.6 Å². The van der Waals surface area contributed by atoms with Crippen molar-refractivity contribution in [2.75, 3.05) is 17.7 Å². The number of nitrogens with one attached hydrogen (secondary N) is 1. The van der Waals surface area contributed by atoms with Crippen LogP contribution in [0.25, 0.3) is 0 Å². The summed E-state index contributed by atoms with van der Waals surface area (Å²) in [6, 6.07) is 7.99. The number of rotatable bonds is 4. The zero-order valence-electron chi connectivity index (χ0n) is 11.3. The standard InChI is InChI=1S/C15H14F2N2O2/c1-9-12(18)3-2-4-13(9)19-15(20)8-21-14-6-5-10(16)7-11(14)17/h2-7H,8,18H2,1H3,(H,19,20). The number of benzene rings is 2. The van der Waals surface area contributed by atoms with Crippen LogP contribution in [-0.2, 0) is 4.79 Å². The van der Waals surface area contributed by atoms with Gasteiger partial charge in [-0.3, -0.25) is 4.79 Å². The summed E-state index contributed by atoms with van der Waals surface area (Å²) in [5, 5.41) is 2.61. The Morgan fingerprint density at radius 3 is 2.76 bits per heavy atom. The Morgan fingerprint density at radius 1 is 1.29 bits per heavy atom. The molecule has 2 rings (SSSR count). The van der Waals surface area contributed by atoms with Crippen LogP contribution in [0.2, 0.25) is 0 Å². The average molecular weight is 292 g/mol. The number of ether oxygens (including phenoxy) is 1. The largest absolute Gasteiger partial charge is 0.481 e. The van der Waals surface area contributed by atoms with Gasteiger partial charge < -0.3 is 15.8 Å². The molecule has 2 aromatic carbocycles. The lowest BCUT2D eigenvalue weighted by molar-refractivity contribution is -0.118. The molecule has 0 atom stereocenters. The minimum atomic E-state index is -0.858. The lowest BCUT2D eigenvalue weighted by Crippen LogP contribution is -2.21. The highest BCUT2D eigenvalue weighted by molar-refractivity contribution is 5.93. The molecule has 4 nitrogen and oxygen atoms in total. The van der Waals surface area contributed by atoms with Crippen molar-refractivity contribution in [2.45, 2.75) is 6.92 Å². The normalized spacial score (nSPS) is 10.2. The van der Waals surface area contributed by atoms with Crippen LogP contribution in [-0.4, -0.2) is 12.5 Å². The molecule has 0 spiro atoms. The molecule has 0 heterocycles. The molecule has 0 aromatic heterocycles. The van der Waals surface area contributed by atoms with Gasteiger partial charge in [0.25, 0.3) is 5.91 Å². The molecule has 21 heavy (non-hydrogen) atoms. The molecular formula is C15H14F2N2O2. The van der Waals surface area contributed by atoms with Gasteiger partial charge in [0, 0.05) is 17.4 Å². The fourth-order valence-electron chi connectivity index (χ4n) is 1.71. The molecule has 0 aliphatic heterocycles. The summed E-state index contributed by atoms with van der Waals surface area (Å²) in [6.45, 7) is 1.38. The first-order valence-electron chi connectivity index (χ1n) is 6.20. The summed E-state index contributed by atoms with van der Waals surface area (Å²) in [5.74, 6) is -2.22. The number of nitrogens with two attached hydrogens (primary N) is 1. The lowest BCUT2D eigenvalue weighted by Gasteiger charge is -2.11. The number of halogens is 2. The number of hydrogen-bond acceptors (Lipinski definition) is 3. The first kappa shape index (κ1) is 14.8. The maximum atomic E-state index is 13.3. The van der Waals surface area contributed by atoms with Crippen molar-refractivity contribution in [3.05, 3.63) is 53.6 Å². The van der Waals surface area contributed by atoms with Crippen LogP contribution >= 0.6 is 0 Å². The van der Waals surface area contributed by atoms with Gasteiger partial charge in [0.15, 0.2) is 18.2 Å². The summed E-state index contributed by atoms with van der Waals surface area (Å²) in [7, 11) is 0. The van der Waals surface area contributed by atoms with Crippen LogP contribution in [0.5, 0.6) is 5.75 Å². The van der Waals surface area contributed by atoms with E-state index in [9.17, 15) is 13.6 Å².